The highest BCUT2D eigenvalue weighted by molar-refractivity contribution is 6.04. The van der Waals surface area contributed by atoms with Crippen molar-refractivity contribution in [3.05, 3.63) is 64.7 Å². The Morgan fingerprint density at radius 1 is 1.05 bits per heavy atom. The van der Waals surface area contributed by atoms with Crippen molar-refractivity contribution in [2.45, 2.75) is 20.3 Å². The Morgan fingerprint density at radius 3 is 2.20 bits per heavy atom. The SMILES string of the molecule is Cc1cc(C)cc(C(=O)Nc2ccc(CCO)cc2)c1. The summed E-state index contributed by atoms with van der Waals surface area (Å²) in [4.78, 5) is 12.2. The van der Waals surface area contributed by atoms with E-state index in [0.29, 0.717) is 12.0 Å². The standard InChI is InChI=1S/C17H19NO2/c1-12-9-13(2)11-15(10-12)17(20)18-16-5-3-14(4-6-16)7-8-19/h3-6,9-11,19H,7-8H2,1-2H3,(H,18,20). The number of carbonyl (C=O) groups excluding carboxylic acids is 1. The number of nitrogens with one attached hydrogen (secondary N) is 1. The van der Waals surface area contributed by atoms with Gasteiger partial charge in [-0.05, 0) is 50.1 Å². The lowest BCUT2D eigenvalue weighted by Gasteiger charge is -2.08. The summed E-state index contributed by atoms with van der Waals surface area (Å²) < 4.78 is 0. The van der Waals surface area contributed by atoms with Crippen molar-refractivity contribution in [2.24, 2.45) is 0 Å². The number of benzene rings is 2. The van der Waals surface area contributed by atoms with E-state index in [2.05, 4.69) is 5.32 Å². The van der Waals surface area contributed by atoms with Gasteiger partial charge in [0.25, 0.3) is 5.91 Å². The van der Waals surface area contributed by atoms with Crippen LogP contribution < -0.4 is 5.32 Å². The van der Waals surface area contributed by atoms with Gasteiger partial charge in [0.2, 0.25) is 0 Å². The minimum Gasteiger partial charge on any atom is -0.396 e. The third-order valence-corrected chi connectivity index (χ3v) is 3.10. The molecule has 2 aromatic carbocycles. The minimum atomic E-state index is -0.105. The van der Waals surface area contributed by atoms with E-state index >= 15 is 0 Å². The summed E-state index contributed by atoms with van der Waals surface area (Å²) in [6.07, 6.45) is 0.630. The summed E-state index contributed by atoms with van der Waals surface area (Å²) in [5, 5.41) is 11.7. The Balaban J connectivity index is 2.10. The molecule has 20 heavy (non-hydrogen) atoms. The number of aliphatic hydroxyl groups is 1. The second kappa shape index (κ2) is 6.35. The van der Waals surface area contributed by atoms with Crippen LogP contribution in [0.2, 0.25) is 0 Å². The van der Waals surface area contributed by atoms with Crippen LogP contribution >= 0.6 is 0 Å². The second-order valence-electron chi connectivity index (χ2n) is 5.00. The fourth-order valence-electron chi connectivity index (χ4n) is 2.19. The summed E-state index contributed by atoms with van der Waals surface area (Å²) >= 11 is 0. The average Bonchev–Trinajstić information content (AvgIpc) is 2.40. The first-order valence-corrected chi connectivity index (χ1v) is 6.68. The molecule has 0 aliphatic heterocycles. The number of carbonyl (C=O) groups is 1. The van der Waals surface area contributed by atoms with Crippen LogP contribution in [0.1, 0.15) is 27.0 Å². The molecule has 3 nitrogen and oxygen atoms in total. The van der Waals surface area contributed by atoms with Gasteiger partial charge in [0.1, 0.15) is 0 Å². The van der Waals surface area contributed by atoms with Crippen molar-refractivity contribution in [3.63, 3.8) is 0 Å². The first-order chi connectivity index (χ1) is 9.58. The Morgan fingerprint density at radius 2 is 1.65 bits per heavy atom. The zero-order valence-corrected chi connectivity index (χ0v) is 11.8. The predicted molar refractivity (Wildman–Crippen MR) is 81.1 cm³/mol. The average molecular weight is 269 g/mol. The molecule has 0 atom stereocenters. The Hall–Kier alpha value is -2.13. The lowest BCUT2D eigenvalue weighted by Crippen LogP contribution is -2.12. The molecule has 3 heteroatoms. The Labute approximate surface area is 119 Å². The molecule has 1 amide bonds. The molecule has 2 aromatic rings. The molecule has 0 radical (unpaired) electrons. The minimum absolute atomic E-state index is 0.105. The van der Waals surface area contributed by atoms with Crippen molar-refractivity contribution < 1.29 is 9.90 Å². The zero-order valence-electron chi connectivity index (χ0n) is 11.8. The molecule has 0 aliphatic rings. The van der Waals surface area contributed by atoms with Gasteiger partial charge in [-0.3, -0.25) is 4.79 Å². The molecule has 2 rings (SSSR count). The summed E-state index contributed by atoms with van der Waals surface area (Å²) in [5.41, 5.74) is 4.64. The van der Waals surface area contributed by atoms with E-state index in [4.69, 9.17) is 5.11 Å². The molecule has 0 heterocycles. The summed E-state index contributed by atoms with van der Waals surface area (Å²) in [6.45, 7) is 4.09. The quantitative estimate of drug-likeness (QED) is 0.896. The Bertz CT molecular complexity index is 583. The van der Waals surface area contributed by atoms with Crippen LogP contribution in [-0.2, 0) is 6.42 Å². The normalized spacial score (nSPS) is 10.3. The van der Waals surface area contributed by atoms with E-state index in [0.717, 1.165) is 22.4 Å². The number of aryl methyl sites for hydroxylation is 2. The van der Waals surface area contributed by atoms with Gasteiger partial charge in [0, 0.05) is 17.9 Å². The summed E-state index contributed by atoms with van der Waals surface area (Å²) in [6, 6.07) is 13.3. The molecule has 0 fully saturated rings. The van der Waals surface area contributed by atoms with Crippen LogP contribution in [0.4, 0.5) is 5.69 Å². The van der Waals surface area contributed by atoms with E-state index in [1.165, 1.54) is 0 Å². The molecule has 2 N–H and O–H groups in total. The molecular weight excluding hydrogens is 250 g/mol. The lowest BCUT2D eigenvalue weighted by molar-refractivity contribution is 0.102. The van der Waals surface area contributed by atoms with Crippen LogP contribution in [0, 0.1) is 13.8 Å². The molecule has 0 saturated heterocycles. The largest absolute Gasteiger partial charge is 0.396 e. The number of hydrogen-bond acceptors (Lipinski definition) is 2. The molecule has 0 saturated carbocycles. The fourth-order valence-corrected chi connectivity index (χ4v) is 2.19. The van der Waals surface area contributed by atoms with Crippen molar-refractivity contribution in [1.82, 2.24) is 0 Å². The molecule has 0 spiro atoms. The van der Waals surface area contributed by atoms with Crippen LogP contribution in [0.25, 0.3) is 0 Å². The summed E-state index contributed by atoms with van der Waals surface area (Å²) in [5.74, 6) is -0.105. The van der Waals surface area contributed by atoms with Crippen molar-refractivity contribution in [2.75, 3.05) is 11.9 Å². The van der Waals surface area contributed by atoms with Gasteiger partial charge >= 0.3 is 0 Å². The van der Waals surface area contributed by atoms with Crippen molar-refractivity contribution >= 4 is 11.6 Å². The van der Waals surface area contributed by atoms with Gasteiger partial charge in [-0.25, -0.2) is 0 Å². The third kappa shape index (κ3) is 3.68. The van der Waals surface area contributed by atoms with Gasteiger partial charge in [0.15, 0.2) is 0 Å². The number of hydrogen-bond donors (Lipinski definition) is 2. The van der Waals surface area contributed by atoms with Crippen molar-refractivity contribution in [3.8, 4) is 0 Å². The first kappa shape index (κ1) is 14.3. The predicted octanol–water partition coefficient (Wildman–Crippen LogP) is 3.09. The number of aliphatic hydroxyl groups excluding tert-OH is 1. The van der Waals surface area contributed by atoms with Crippen LogP contribution in [0.5, 0.6) is 0 Å². The number of amides is 1. The van der Waals surface area contributed by atoms with Crippen LogP contribution in [-0.4, -0.2) is 17.6 Å². The van der Waals surface area contributed by atoms with Gasteiger partial charge < -0.3 is 10.4 Å². The van der Waals surface area contributed by atoms with Gasteiger partial charge in [-0.2, -0.15) is 0 Å². The van der Waals surface area contributed by atoms with Gasteiger partial charge in [-0.1, -0.05) is 29.3 Å². The maximum Gasteiger partial charge on any atom is 0.255 e. The fraction of sp³-hybridized carbons (Fsp3) is 0.235. The van der Waals surface area contributed by atoms with Crippen LogP contribution in [0.15, 0.2) is 42.5 Å². The maximum absolute atomic E-state index is 12.2. The molecule has 104 valence electrons. The first-order valence-electron chi connectivity index (χ1n) is 6.68. The van der Waals surface area contributed by atoms with Crippen LogP contribution in [0.3, 0.4) is 0 Å². The van der Waals surface area contributed by atoms with E-state index in [-0.39, 0.29) is 12.5 Å². The maximum atomic E-state index is 12.2. The Kier molecular flexibility index (Phi) is 4.53. The smallest absolute Gasteiger partial charge is 0.255 e. The highest BCUT2D eigenvalue weighted by Gasteiger charge is 2.07. The molecule has 0 unspecified atom stereocenters. The summed E-state index contributed by atoms with van der Waals surface area (Å²) in [7, 11) is 0. The van der Waals surface area contributed by atoms with E-state index in [1.807, 2.05) is 56.3 Å². The zero-order chi connectivity index (χ0) is 14.5. The molecular formula is C17H19NO2. The van der Waals surface area contributed by atoms with Gasteiger partial charge in [-0.15, -0.1) is 0 Å². The number of rotatable bonds is 4. The van der Waals surface area contributed by atoms with Crippen molar-refractivity contribution in [1.29, 1.82) is 0 Å². The van der Waals surface area contributed by atoms with E-state index in [9.17, 15) is 4.79 Å². The molecule has 0 aromatic heterocycles. The third-order valence-electron chi connectivity index (χ3n) is 3.10. The highest BCUT2D eigenvalue weighted by Crippen LogP contribution is 2.14. The monoisotopic (exact) mass is 269 g/mol. The van der Waals surface area contributed by atoms with Gasteiger partial charge in [0.05, 0.1) is 0 Å². The number of anilines is 1. The van der Waals surface area contributed by atoms with E-state index < -0.39 is 0 Å². The lowest BCUT2D eigenvalue weighted by atomic mass is 10.1. The van der Waals surface area contributed by atoms with E-state index in [1.54, 1.807) is 0 Å². The topological polar surface area (TPSA) is 49.3 Å². The molecule has 0 aliphatic carbocycles. The molecule has 0 bridgehead atoms. The highest BCUT2D eigenvalue weighted by atomic mass is 16.2. The second-order valence-corrected chi connectivity index (χ2v) is 5.00.